The zero-order valence-electron chi connectivity index (χ0n) is 13.3. The molecule has 3 aromatic rings. The van der Waals surface area contributed by atoms with Crippen molar-refractivity contribution in [1.82, 2.24) is 10.2 Å². The second kappa shape index (κ2) is 6.04. The highest BCUT2D eigenvalue weighted by Crippen LogP contribution is 2.24. The van der Waals surface area contributed by atoms with E-state index in [1.165, 1.54) is 5.56 Å². The SMILES string of the molecule is Cc1cccc(C(=O)Nc2nnc(-c3ccc(C)cc3C)o2)c1. The number of aryl methyl sites for hydroxylation is 3. The normalized spacial score (nSPS) is 10.6. The molecule has 3 rings (SSSR count). The molecule has 116 valence electrons. The number of nitrogens with one attached hydrogen (secondary N) is 1. The maximum atomic E-state index is 12.2. The standard InChI is InChI=1S/C18H17N3O2/c1-11-5-4-6-14(10-11)16(22)19-18-21-20-17(23-18)15-8-7-12(2)9-13(15)3/h4-10H,1-3H3,(H,19,21,22). The summed E-state index contributed by atoms with van der Waals surface area (Å²) in [5.41, 5.74) is 4.64. The Labute approximate surface area is 134 Å². The number of benzene rings is 2. The third-order valence-electron chi connectivity index (χ3n) is 3.54. The van der Waals surface area contributed by atoms with Crippen LogP contribution in [0.15, 0.2) is 46.9 Å². The number of amides is 1. The van der Waals surface area contributed by atoms with Gasteiger partial charge in [0.25, 0.3) is 5.91 Å². The van der Waals surface area contributed by atoms with Crippen molar-refractivity contribution >= 4 is 11.9 Å². The average Bonchev–Trinajstić information content (AvgIpc) is 2.95. The minimum absolute atomic E-state index is 0.0893. The zero-order valence-corrected chi connectivity index (χ0v) is 13.3. The maximum Gasteiger partial charge on any atom is 0.322 e. The Kier molecular flexibility index (Phi) is 3.93. The Bertz CT molecular complexity index is 868. The topological polar surface area (TPSA) is 68.0 Å². The molecular formula is C18H17N3O2. The van der Waals surface area contributed by atoms with Crippen molar-refractivity contribution in [3.63, 3.8) is 0 Å². The van der Waals surface area contributed by atoms with Crippen LogP contribution in [0, 0.1) is 20.8 Å². The number of carbonyl (C=O) groups excluding carboxylic acids is 1. The molecule has 0 fully saturated rings. The van der Waals surface area contributed by atoms with E-state index >= 15 is 0 Å². The lowest BCUT2D eigenvalue weighted by atomic mass is 10.1. The molecule has 5 nitrogen and oxygen atoms in total. The lowest BCUT2D eigenvalue weighted by Gasteiger charge is -2.02. The quantitative estimate of drug-likeness (QED) is 0.796. The maximum absolute atomic E-state index is 12.2. The van der Waals surface area contributed by atoms with Crippen molar-refractivity contribution in [2.24, 2.45) is 0 Å². The smallest absolute Gasteiger partial charge is 0.322 e. The van der Waals surface area contributed by atoms with Gasteiger partial charge in [-0.05, 0) is 44.5 Å². The van der Waals surface area contributed by atoms with Crippen LogP contribution in [-0.2, 0) is 0 Å². The summed E-state index contributed by atoms with van der Waals surface area (Å²) in [5.74, 6) is 0.117. The van der Waals surface area contributed by atoms with Crippen molar-refractivity contribution in [2.45, 2.75) is 20.8 Å². The summed E-state index contributed by atoms with van der Waals surface area (Å²) in [7, 11) is 0. The molecule has 0 aliphatic heterocycles. The van der Waals surface area contributed by atoms with Crippen LogP contribution in [0.4, 0.5) is 6.01 Å². The van der Waals surface area contributed by atoms with Crippen LogP contribution >= 0.6 is 0 Å². The number of nitrogens with zero attached hydrogens (tertiary/aromatic N) is 2. The molecule has 1 amide bonds. The molecule has 0 bridgehead atoms. The monoisotopic (exact) mass is 307 g/mol. The zero-order chi connectivity index (χ0) is 16.4. The van der Waals surface area contributed by atoms with Crippen molar-refractivity contribution in [2.75, 3.05) is 5.32 Å². The molecule has 0 aliphatic carbocycles. The van der Waals surface area contributed by atoms with Crippen LogP contribution in [0.5, 0.6) is 0 Å². The number of hydrogen-bond acceptors (Lipinski definition) is 4. The fraction of sp³-hybridized carbons (Fsp3) is 0.167. The summed E-state index contributed by atoms with van der Waals surface area (Å²) < 4.78 is 5.56. The van der Waals surface area contributed by atoms with Crippen LogP contribution in [0.2, 0.25) is 0 Å². The minimum Gasteiger partial charge on any atom is -0.403 e. The molecule has 0 unspecified atom stereocenters. The minimum atomic E-state index is -0.274. The van der Waals surface area contributed by atoms with E-state index in [4.69, 9.17) is 4.42 Å². The molecule has 0 saturated heterocycles. The van der Waals surface area contributed by atoms with Crippen molar-refractivity contribution in [3.05, 3.63) is 64.7 Å². The largest absolute Gasteiger partial charge is 0.403 e. The van der Waals surface area contributed by atoms with Crippen LogP contribution in [0.1, 0.15) is 27.0 Å². The molecule has 5 heteroatoms. The third-order valence-corrected chi connectivity index (χ3v) is 3.54. The molecule has 1 N–H and O–H groups in total. The van der Waals surface area contributed by atoms with Gasteiger partial charge in [0.15, 0.2) is 0 Å². The highest BCUT2D eigenvalue weighted by Gasteiger charge is 2.14. The number of anilines is 1. The summed E-state index contributed by atoms with van der Waals surface area (Å²) in [6.07, 6.45) is 0. The Morgan fingerprint density at radius 1 is 1.00 bits per heavy atom. The van der Waals surface area contributed by atoms with Gasteiger partial charge in [-0.3, -0.25) is 10.1 Å². The fourth-order valence-corrected chi connectivity index (χ4v) is 2.39. The summed E-state index contributed by atoms with van der Waals surface area (Å²) in [6, 6.07) is 13.4. The highest BCUT2D eigenvalue weighted by molar-refractivity contribution is 6.03. The van der Waals surface area contributed by atoms with E-state index in [1.807, 2.05) is 51.1 Å². The Hall–Kier alpha value is -2.95. The summed E-state index contributed by atoms with van der Waals surface area (Å²) >= 11 is 0. The van der Waals surface area contributed by atoms with Crippen molar-refractivity contribution < 1.29 is 9.21 Å². The van der Waals surface area contributed by atoms with Gasteiger partial charge in [0.05, 0.1) is 0 Å². The predicted molar refractivity (Wildman–Crippen MR) is 88.3 cm³/mol. The second-order valence-electron chi connectivity index (χ2n) is 5.55. The van der Waals surface area contributed by atoms with Gasteiger partial charge in [0, 0.05) is 11.1 Å². The van der Waals surface area contributed by atoms with E-state index in [2.05, 4.69) is 15.5 Å². The first kappa shape index (κ1) is 15.0. The first-order chi connectivity index (χ1) is 11.0. The van der Waals surface area contributed by atoms with Gasteiger partial charge in [-0.25, -0.2) is 0 Å². The van der Waals surface area contributed by atoms with Gasteiger partial charge in [0.1, 0.15) is 0 Å². The summed E-state index contributed by atoms with van der Waals surface area (Å²) in [4.78, 5) is 12.2. The van der Waals surface area contributed by atoms with Crippen LogP contribution in [-0.4, -0.2) is 16.1 Å². The van der Waals surface area contributed by atoms with E-state index in [0.29, 0.717) is 11.5 Å². The van der Waals surface area contributed by atoms with E-state index < -0.39 is 0 Å². The number of aromatic nitrogens is 2. The molecule has 0 atom stereocenters. The van der Waals surface area contributed by atoms with Gasteiger partial charge in [-0.15, -0.1) is 5.10 Å². The van der Waals surface area contributed by atoms with Gasteiger partial charge < -0.3 is 4.42 Å². The van der Waals surface area contributed by atoms with E-state index in [0.717, 1.165) is 16.7 Å². The van der Waals surface area contributed by atoms with Gasteiger partial charge >= 0.3 is 6.01 Å². The number of rotatable bonds is 3. The Morgan fingerprint density at radius 2 is 1.78 bits per heavy atom. The molecular weight excluding hydrogens is 290 g/mol. The first-order valence-electron chi connectivity index (χ1n) is 7.32. The molecule has 0 aliphatic rings. The first-order valence-corrected chi connectivity index (χ1v) is 7.32. The van der Waals surface area contributed by atoms with Crippen molar-refractivity contribution in [1.29, 1.82) is 0 Å². The van der Waals surface area contributed by atoms with Crippen LogP contribution < -0.4 is 5.32 Å². The van der Waals surface area contributed by atoms with Gasteiger partial charge in [-0.1, -0.05) is 40.5 Å². The van der Waals surface area contributed by atoms with Gasteiger partial charge in [-0.2, -0.15) is 0 Å². The molecule has 1 heterocycles. The van der Waals surface area contributed by atoms with E-state index in [-0.39, 0.29) is 11.9 Å². The number of hydrogen-bond donors (Lipinski definition) is 1. The predicted octanol–water partition coefficient (Wildman–Crippen LogP) is 3.91. The Balaban J connectivity index is 1.81. The molecule has 0 spiro atoms. The fourth-order valence-electron chi connectivity index (χ4n) is 2.39. The third kappa shape index (κ3) is 3.29. The van der Waals surface area contributed by atoms with Gasteiger partial charge in [0.2, 0.25) is 5.89 Å². The number of carbonyl (C=O) groups is 1. The molecule has 23 heavy (non-hydrogen) atoms. The molecule has 1 aromatic heterocycles. The van der Waals surface area contributed by atoms with E-state index in [1.54, 1.807) is 12.1 Å². The molecule has 0 saturated carbocycles. The molecule has 0 radical (unpaired) electrons. The van der Waals surface area contributed by atoms with Crippen LogP contribution in [0.25, 0.3) is 11.5 Å². The Morgan fingerprint density at radius 3 is 2.52 bits per heavy atom. The van der Waals surface area contributed by atoms with Crippen molar-refractivity contribution in [3.8, 4) is 11.5 Å². The lowest BCUT2D eigenvalue weighted by Crippen LogP contribution is -2.12. The average molecular weight is 307 g/mol. The highest BCUT2D eigenvalue weighted by atomic mass is 16.4. The summed E-state index contributed by atoms with van der Waals surface area (Å²) in [6.45, 7) is 5.94. The lowest BCUT2D eigenvalue weighted by molar-refractivity contribution is 0.102. The van der Waals surface area contributed by atoms with Crippen LogP contribution in [0.3, 0.4) is 0 Å². The molecule has 2 aromatic carbocycles. The summed E-state index contributed by atoms with van der Waals surface area (Å²) in [5, 5.41) is 10.5. The second-order valence-corrected chi connectivity index (χ2v) is 5.55. The van der Waals surface area contributed by atoms with E-state index in [9.17, 15) is 4.79 Å².